The van der Waals surface area contributed by atoms with E-state index in [2.05, 4.69) is 56.7 Å². The predicted molar refractivity (Wildman–Crippen MR) is 134 cm³/mol. The fraction of sp³-hybridized carbons (Fsp3) is 0.455. The SMILES string of the molecule is CN=C(NCCc1ccc(Cl)nc1)NCc1cccc(CN2CCOC(C)C2)c1.I. The molecule has 2 aromatic rings. The van der Waals surface area contributed by atoms with Crippen LogP contribution in [0.25, 0.3) is 0 Å². The molecule has 1 fully saturated rings. The van der Waals surface area contributed by atoms with E-state index < -0.39 is 0 Å². The molecular formula is C22H31ClIN5O. The Labute approximate surface area is 201 Å². The van der Waals surface area contributed by atoms with Crippen molar-refractivity contribution in [2.24, 2.45) is 4.99 Å². The van der Waals surface area contributed by atoms with Gasteiger partial charge in [-0.1, -0.05) is 41.9 Å². The number of benzene rings is 1. The lowest BCUT2D eigenvalue weighted by Crippen LogP contribution is -2.40. The highest BCUT2D eigenvalue weighted by Gasteiger charge is 2.16. The number of aromatic nitrogens is 1. The van der Waals surface area contributed by atoms with E-state index in [-0.39, 0.29) is 24.0 Å². The van der Waals surface area contributed by atoms with Crippen LogP contribution in [0.15, 0.2) is 47.6 Å². The van der Waals surface area contributed by atoms with Gasteiger partial charge in [-0.25, -0.2) is 4.98 Å². The summed E-state index contributed by atoms with van der Waals surface area (Å²) in [6.07, 6.45) is 2.98. The fourth-order valence-electron chi connectivity index (χ4n) is 3.42. The molecule has 0 spiro atoms. The molecule has 3 rings (SSSR count). The smallest absolute Gasteiger partial charge is 0.191 e. The highest BCUT2D eigenvalue weighted by Crippen LogP contribution is 2.12. The molecule has 2 N–H and O–H groups in total. The normalized spacial score (nSPS) is 17.3. The summed E-state index contributed by atoms with van der Waals surface area (Å²) in [6.45, 7) is 7.40. The molecule has 8 heteroatoms. The fourth-order valence-corrected chi connectivity index (χ4v) is 3.53. The van der Waals surface area contributed by atoms with Crippen LogP contribution in [-0.4, -0.2) is 55.2 Å². The topological polar surface area (TPSA) is 61.8 Å². The lowest BCUT2D eigenvalue weighted by atomic mass is 10.1. The number of hydrogen-bond donors (Lipinski definition) is 2. The van der Waals surface area contributed by atoms with Crippen LogP contribution >= 0.6 is 35.6 Å². The van der Waals surface area contributed by atoms with E-state index in [0.717, 1.165) is 57.3 Å². The van der Waals surface area contributed by atoms with E-state index in [0.29, 0.717) is 11.3 Å². The van der Waals surface area contributed by atoms with Crippen molar-refractivity contribution >= 4 is 41.5 Å². The first-order valence-corrected chi connectivity index (χ1v) is 10.5. The zero-order valence-electron chi connectivity index (χ0n) is 17.6. The standard InChI is InChI=1S/C22H30ClN5O.HI/c1-17-15-28(10-11-29-17)16-20-5-3-4-19(12-20)14-27-22(24-2)25-9-8-18-6-7-21(23)26-13-18;/h3-7,12-13,17H,8-11,14-16H2,1-2H3,(H2,24,25,27);1H. The third-order valence-corrected chi connectivity index (χ3v) is 5.12. The number of nitrogens with one attached hydrogen (secondary N) is 2. The van der Waals surface area contributed by atoms with Crippen LogP contribution in [0.2, 0.25) is 5.15 Å². The van der Waals surface area contributed by atoms with Gasteiger partial charge in [0.2, 0.25) is 0 Å². The predicted octanol–water partition coefficient (Wildman–Crippen LogP) is 3.48. The molecule has 1 atom stereocenters. The van der Waals surface area contributed by atoms with Crippen LogP contribution < -0.4 is 10.6 Å². The van der Waals surface area contributed by atoms with E-state index in [1.54, 1.807) is 13.2 Å². The number of rotatable bonds is 7. The monoisotopic (exact) mass is 543 g/mol. The first kappa shape index (κ1) is 24.8. The van der Waals surface area contributed by atoms with Gasteiger partial charge in [-0.3, -0.25) is 9.89 Å². The number of nitrogens with zero attached hydrogens (tertiary/aromatic N) is 3. The molecule has 1 aliphatic heterocycles. The minimum Gasteiger partial charge on any atom is -0.376 e. The molecule has 0 radical (unpaired) electrons. The van der Waals surface area contributed by atoms with Gasteiger partial charge in [-0.2, -0.15) is 0 Å². The van der Waals surface area contributed by atoms with Crippen LogP contribution in [0.1, 0.15) is 23.6 Å². The maximum absolute atomic E-state index is 5.83. The highest BCUT2D eigenvalue weighted by atomic mass is 127. The van der Waals surface area contributed by atoms with E-state index in [9.17, 15) is 0 Å². The molecule has 0 amide bonds. The van der Waals surface area contributed by atoms with Crippen molar-refractivity contribution in [3.63, 3.8) is 0 Å². The van der Waals surface area contributed by atoms with Crippen molar-refractivity contribution in [2.45, 2.75) is 32.5 Å². The highest BCUT2D eigenvalue weighted by molar-refractivity contribution is 14.0. The second-order valence-electron chi connectivity index (χ2n) is 7.33. The van der Waals surface area contributed by atoms with Gasteiger partial charge < -0.3 is 15.4 Å². The van der Waals surface area contributed by atoms with Crippen LogP contribution in [-0.2, 0) is 24.2 Å². The summed E-state index contributed by atoms with van der Waals surface area (Å²) in [5.74, 6) is 0.791. The summed E-state index contributed by atoms with van der Waals surface area (Å²) < 4.78 is 5.63. The molecule has 164 valence electrons. The number of ether oxygens (including phenoxy) is 1. The molecule has 1 unspecified atom stereocenters. The van der Waals surface area contributed by atoms with Crippen LogP contribution in [0.4, 0.5) is 0 Å². The number of morpholine rings is 1. The summed E-state index contributed by atoms with van der Waals surface area (Å²) in [4.78, 5) is 10.9. The number of aliphatic imine (C=N–C) groups is 1. The average Bonchev–Trinajstić information content (AvgIpc) is 2.72. The molecule has 30 heavy (non-hydrogen) atoms. The van der Waals surface area contributed by atoms with Crippen LogP contribution in [0.5, 0.6) is 0 Å². The number of hydrogen-bond acceptors (Lipinski definition) is 4. The molecule has 1 aliphatic rings. The van der Waals surface area contributed by atoms with Crippen molar-refractivity contribution < 1.29 is 4.74 Å². The zero-order valence-corrected chi connectivity index (χ0v) is 20.7. The Bertz CT molecular complexity index is 802. The molecular weight excluding hydrogens is 513 g/mol. The third kappa shape index (κ3) is 8.37. The largest absolute Gasteiger partial charge is 0.376 e. The summed E-state index contributed by atoms with van der Waals surface area (Å²) in [5, 5.41) is 7.25. The molecule has 6 nitrogen and oxygen atoms in total. The first-order valence-electron chi connectivity index (χ1n) is 10.1. The molecule has 1 saturated heterocycles. The Hall–Kier alpha value is -1.42. The zero-order chi connectivity index (χ0) is 20.5. The molecule has 1 aromatic carbocycles. The number of pyridine rings is 1. The maximum Gasteiger partial charge on any atom is 0.191 e. The third-order valence-electron chi connectivity index (χ3n) is 4.90. The van der Waals surface area contributed by atoms with Gasteiger partial charge in [0, 0.05) is 46.0 Å². The lowest BCUT2D eigenvalue weighted by molar-refractivity contribution is -0.0212. The Balaban J connectivity index is 0.00000320. The minimum absolute atomic E-state index is 0. The molecule has 0 aliphatic carbocycles. The van der Waals surface area contributed by atoms with Crippen molar-refractivity contribution in [1.29, 1.82) is 0 Å². The minimum atomic E-state index is 0. The Morgan fingerprint density at radius 1 is 1.23 bits per heavy atom. The van der Waals surface area contributed by atoms with Gasteiger partial charge in [0.05, 0.1) is 12.7 Å². The quantitative estimate of drug-likeness (QED) is 0.242. The summed E-state index contributed by atoms with van der Waals surface area (Å²) in [6, 6.07) is 12.5. The Kier molecular flexibility index (Phi) is 10.8. The molecule has 2 heterocycles. The van der Waals surface area contributed by atoms with E-state index in [1.165, 1.54) is 11.1 Å². The van der Waals surface area contributed by atoms with Gasteiger partial charge in [0.25, 0.3) is 0 Å². The van der Waals surface area contributed by atoms with E-state index >= 15 is 0 Å². The second kappa shape index (κ2) is 13.1. The van der Waals surface area contributed by atoms with Crippen LogP contribution in [0.3, 0.4) is 0 Å². The molecule has 1 aromatic heterocycles. The Morgan fingerprint density at radius 2 is 2.07 bits per heavy atom. The van der Waals surface area contributed by atoms with E-state index in [4.69, 9.17) is 16.3 Å². The first-order chi connectivity index (χ1) is 14.1. The molecule has 0 bridgehead atoms. The van der Waals surface area contributed by atoms with Crippen molar-refractivity contribution in [3.05, 3.63) is 64.4 Å². The summed E-state index contributed by atoms with van der Waals surface area (Å²) >= 11 is 5.83. The van der Waals surface area contributed by atoms with Gasteiger partial charge in [0.15, 0.2) is 5.96 Å². The second-order valence-corrected chi connectivity index (χ2v) is 7.72. The van der Waals surface area contributed by atoms with Crippen LogP contribution in [0, 0.1) is 0 Å². The molecule has 0 saturated carbocycles. The lowest BCUT2D eigenvalue weighted by Gasteiger charge is -2.31. The van der Waals surface area contributed by atoms with Gasteiger partial charge in [-0.05, 0) is 36.1 Å². The number of halogens is 2. The van der Waals surface area contributed by atoms with Crippen molar-refractivity contribution in [2.75, 3.05) is 33.3 Å². The Morgan fingerprint density at radius 3 is 2.80 bits per heavy atom. The summed E-state index contributed by atoms with van der Waals surface area (Å²) in [5.41, 5.74) is 3.72. The van der Waals surface area contributed by atoms with Gasteiger partial charge in [0.1, 0.15) is 5.15 Å². The van der Waals surface area contributed by atoms with Crippen molar-refractivity contribution in [3.8, 4) is 0 Å². The van der Waals surface area contributed by atoms with Gasteiger partial charge >= 0.3 is 0 Å². The van der Waals surface area contributed by atoms with Gasteiger partial charge in [-0.15, -0.1) is 24.0 Å². The maximum atomic E-state index is 5.83. The summed E-state index contributed by atoms with van der Waals surface area (Å²) in [7, 11) is 1.79. The average molecular weight is 544 g/mol. The number of guanidine groups is 1. The van der Waals surface area contributed by atoms with Crippen molar-refractivity contribution in [1.82, 2.24) is 20.5 Å². The van der Waals surface area contributed by atoms with E-state index in [1.807, 2.05) is 12.1 Å².